The zero-order valence-electron chi connectivity index (χ0n) is 22.6. The van der Waals surface area contributed by atoms with Crippen LogP contribution in [0.5, 0.6) is 0 Å². The number of hydrogen-bond donors (Lipinski definition) is 1. The predicted molar refractivity (Wildman–Crippen MR) is 155 cm³/mol. The van der Waals surface area contributed by atoms with Crippen molar-refractivity contribution in [3.8, 4) is 0 Å². The normalized spacial score (nSPS) is 18.7. The van der Waals surface area contributed by atoms with Gasteiger partial charge in [0.1, 0.15) is 0 Å². The number of aryl methyl sites for hydroxylation is 1. The minimum Gasteiger partial charge on any atom is -0.377 e. The molecule has 11 heteroatoms. The summed E-state index contributed by atoms with van der Waals surface area (Å²) < 4.78 is 33.9. The van der Waals surface area contributed by atoms with Crippen LogP contribution in [-0.2, 0) is 21.2 Å². The van der Waals surface area contributed by atoms with Gasteiger partial charge < -0.3 is 15.0 Å². The third-order valence-corrected chi connectivity index (χ3v) is 10.4. The van der Waals surface area contributed by atoms with Gasteiger partial charge in [0.15, 0.2) is 5.13 Å². The Hall–Kier alpha value is -2.57. The van der Waals surface area contributed by atoms with E-state index in [9.17, 15) is 13.2 Å². The second-order valence-corrected chi connectivity index (χ2v) is 13.2. The van der Waals surface area contributed by atoms with Crippen molar-refractivity contribution in [2.45, 2.75) is 37.2 Å². The van der Waals surface area contributed by atoms with Crippen LogP contribution in [0.15, 0.2) is 47.4 Å². The lowest BCUT2D eigenvalue weighted by Gasteiger charge is -2.34. The first kappa shape index (κ1) is 28.0. The molecule has 0 saturated carbocycles. The summed E-state index contributed by atoms with van der Waals surface area (Å²) in [5.74, 6) is -0.203. The molecule has 1 atom stereocenters. The number of thiazole rings is 1. The molecule has 0 radical (unpaired) electrons. The molecule has 5 rings (SSSR count). The molecule has 1 unspecified atom stereocenters. The van der Waals surface area contributed by atoms with Gasteiger partial charge in [0.25, 0.3) is 5.91 Å². The average Bonchev–Trinajstić information content (AvgIpc) is 3.63. The van der Waals surface area contributed by atoms with E-state index >= 15 is 0 Å². The molecule has 1 amide bonds. The van der Waals surface area contributed by atoms with Gasteiger partial charge in [-0.05, 0) is 61.2 Å². The highest BCUT2D eigenvalue weighted by Gasteiger charge is 2.26. The molecule has 3 heterocycles. The Kier molecular flexibility index (Phi) is 8.82. The van der Waals surface area contributed by atoms with Crippen molar-refractivity contribution in [3.05, 3.63) is 53.6 Å². The molecule has 3 aromatic rings. The molecule has 2 fully saturated rings. The lowest BCUT2D eigenvalue weighted by Crippen LogP contribution is -2.48. The van der Waals surface area contributed by atoms with Gasteiger partial charge in [0, 0.05) is 65.0 Å². The van der Waals surface area contributed by atoms with Gasteiger partial charge >= 0.3 is 0 Å². The zero-order chi connectivity index (χ0) is 27.4. The summed E-state index contributed by atoms with van der Waals surface area (Å²) >= 11 is 1.76. The monoisotopic (exact) mass is 571 g/mol. The van der Waals surface area contributed by atoms with Crippen molar-refractivity contribution in [3.63, 3.8) is 0 Å². The standard InChI is InChI=1S/C28H37N5O4S2/c1-3-21-6-11-25-26(19-21)38-28(30-25)33-16-14-32(15-17-33)13-12-29-27(34)22-7-9-24(10-8-22)39(35,36)31(2)20-23-5-4-18-37-23/h6-11,19,23H,3-5,12-18,20H2,1-2H3,(H,29,34). The summed E-state index contributed by atoms with van der Waals surface area (Å²) in [6, 6.07) is 12.7. The van der Waals surface area contributed by atoms with E-state index in [0.717, 1.165) is 62.6 Å². The number of carbonyl (C=O) groups excluding carboxylic acids is 1. The largest absolute Gasteiger partial charge is 0.377 e. The summed E-state index contributed by atoms with van der Waals surface area (Å²) in [7, 11) is -2.06. The summed E-state index contributed by atoms with van der Waals surface area (Å²) in [5.41, 5.74) is 2.85. The van der Waals surface area contributed by atoms with Crippen molar-refractivity contribution >= 4 is 42.6 Å². The number of fused-ring (bicyclic) bond motifs is 1. The van der Waals surface area contributed by atoms with Crippen molar-refractivity contribution in [1.29, 1.82) is 0 Å². The van der Waals surface area contributed by atoms with Crippen molar-refractivity contribution in [2.75, 3.05) is 64.4 Å². The summed E-state index contributed by atoms with van der Waals surface area (Å²) in [5, 5.41) is 4.04. The minimum atomic E-state index is -3.63. The van der Waals surface area contributed by atoms with E-state index in [1.165, 1.54) is 26.7 Å². The Labute approximate surface area is 234 Å². The predicted octanol–water partition coefficient (Wildman–Crippen LogP) is 3.21. The topological polar surface area (TPSA) is 95.1 Å². The van der Waals surface area contributed by atoms with E-state index in [1.54, 1.807) is 30.5 Å². The Morgan fingerprint density at radius 3 is 2.62 bits per heavy atom. The van der Waals surface area contributed by atoms with Gasteiger partial charge in [-0.1, -0.05) is 24.3 Å². The van der Waals surface area contributed by atoms with Gasteiger partial charge in [0.2, 0.25) is 10.0 Å². The molecular formula is C28H37N5O4S2. The number of carbonyl (C=O) groups is 1. The van der Waals surface area contributed by atoms with Crippen LogP contribution in [0.2, 0.25) is 0 Å². The second-order valence-electron chi connectivity index (χ2n) is 10.2. The van der Waals surface area contributed by atoms with Crippen LogP contribution in [0.4, 0.5) is 5.13 Å². The van der Waals surface area contributed by atoms with Crippen LogP contribution in [0, 0.1) is 0 Å². The number of anilines is 1. The maximum absolute atomic E-state index is 12.9. The first-order chi connectivity index (χ1) is 18.8. The van der Waals surface area contributed by atoms with E-state index in [2.05, 4.69) is 40.2 Å². The number of nitrogens with one attached hydrogen (secondary N) is 1. The quantitative estimate of drug-likeness (QED) is 0.399. The SMILES string of the molecule is CCc1ccc2nc(N3CCN(CCNC(=O)c4ccc(S(=O)(=O)N(C)CC5CCCO5)cc4)CC3)sc2c1. The highest BCUT2D eigenvalue weighted by molar-refractivity contribution is 7.89. The third kappa shape index (κ3) is 6.60. The number of piperazine rings is 1. The molecule has 0 spiro atoms. The van der Waals surface area contributed by atoms with E-state index in [0.29, 0.717) is 25.3 Å². The first-order valence-electron chi connectivity index (χ1n) is 13.7. The number of likely N-dealkylation sites (N-methyl/N-ethyl adjacent to an activating group) is 1. The fraction of sp³-hybridized carbons (Fsp3) is 0.500. The number of aromatic nitrogens is 1. The van der Waals surface area contributed by atoms with Gasteiger partial charge in [0.05, 0.1) is 21.2 Å². The third-order valence-electron chi connectivity index (χ3n) is 7.52. The Balaban J connectivity index is 1.07. The van der Waals surface area contributed by atoms with E-state index in [1.807, 2.05) is 0 Å². The van der Waals surface area contributed by atoms with E-state index in [4.69, 9.17) is 9.72 Å². The summed E-state index contributed by atoms with van der Waals surface area (Å²) in [6.45, 7) is 8.13. The number of benzene rings is 2. The zero-order valence-corrected chi connectivity index (χ0v) is 24.3. The summed E-state index contributed by atoms with van der Waals surface area (Å²) in [6.07, 6.45) is 2.80. The van der Waals surface area contributed by atoms with Crippen molar-refractivity contribution in [2.24, 2.45) is 0 Å². The number of sulfonamides is 1. The molecule has 0 aliphatic carbocycles. The van der Waals surface area contributed by atoms with Crippen LogP contribution in [-0.4, -0.2) is 94.1 Å². The molecule has 2 aliphatic rings. The Bertz CT molecular complexity index is 1380. The van der Waals surface area contributed by atoms with Crippen LogP contribution in [0.3, 0.4) is 0 Å². The van der Waals surface area contributed by atoms with Crippen LogP contribution in [0.25, 0.3) is 10.2 Å². The fourth-order valence-corrected chi connectivity index (χ4v) is 7.32. The highest BCUT2D eigenvalue weighted by Crippen LogP contribution is 2.30. The number of hydrogen-bond acceptors (Lipinski definition) is 8. The molecular weight excluding hydrogens is 534 g/mol. The van der Waals surface area contributed by atoms with Crippen molar-refractivity contribution in [1.82, 2.24) is 19.5 Å². The summed E-state index contributed by atoms with van der Waals surface area (Å²) in [4.78, 5) is 22.4. The molecule has 1 aromatic heterocycles. The van der Waals surface area contributed by atoms with E-state index in [-0.39, 0.29) is 16.9 Å². The maximum atomic E-state index is 12.9. The molecule has 2 saturated heterocycles. The fourth-order valence-electron chi connectivity index (χ4n) is 5.04. The highest BCUT2D eigenvalue weighted by atomic mass is 32.2. The van der Waals surface area contributed by atoms with Crippen LogP contribution >= 0.6 is 11.3 Å². The molecule has 39 heavy (non-hydrogen) atoms. The van der Waals surface area contributed by atoms with Crippen molar-refractivity contribution < 1.29 is 17.9 Å². The molecule has 1 N–H and O–H groups in total. The van der Waals surface area contributed by atoms with Gasteiger partial charge in [-0.15, -0.1) is 0 Å². The Morgan fingerprint density at radius 1 is 1.15 bits per heavy atom. The first-order valence-corrected chi connectivity index (χ1v) is 15.9. The molecule has 2 aliphatic heterocycles. The smallest absolute Gasteiger partial charge is 0.251 e. The Morgan fingerprint density at radius 2 is 1.92 bits per heavy atom. The van der Waals surface area contributed by atoms with Gasteiger partial charge in [-0.3, -0.25) is 9.69 Å². The lowest BCUT2D eigenvalue weighted by atomic mass is 10.2. The minimum absolute atomic E-state index is 0.0561. The number of rotatable bonds is 10. The maximum Gasteiger partial charge on any atom is 0.251 e. The number of nitrogens with zero attached hydrogens (tertiary/aromatic N) is 4. The van der Waals surface area contributed by atoms with Gasteiger partial charge in [-0.25, -0.2) is 13.4 Å². The molecule has 2 aromatic carbocycles. The van der Waals surface area contributed by atoms with Crippen LogP contribution < -0.4 is 10.2 Å². The number of ether oxygens (including phenoxy) is 1. The molecule has 210 valence electrons. The van der Waals surface area contributed by atoms with Gasteiger partial charge in [-0.2, -0.15) is 4.31 Å². The van der Waals surface area contributed by atoms with Crippen LogP contribution in [0.1, 0.15) is 35.7 Å². The average molecular weight is 572 g/mol. The molecule has 9 nitrogen and oxygen atoms in total. The second kappa shape index (κ2) is 12.3. The molecule has 0 bridgehead atoms. The van der Waals surface area contributed by atoms with E-state index < -0.39 is 10.0 Å². The number of amides is 1. The lowest BCUT2D eigenvalue weighted by molar-refractivity contribution is 0.0947.